The van der Waals surface area contributed by atoms with Gasteiger partial charge in [0, 0.05) is 25.9 Å². The summed E-state index contributed by atoms with van der Waals surface area (Å²) in [4.78, 5) is 2.60. The highest BCUT2D eigenvalue weighted by Gasteiger charge is 2.46. The molecule has 1 unspecified atom stereocenters. The van der Waals surface area contributed by atoms with Crippen molar-refractivity contribution in [2.75, 3.05) is 26.2 Å². The van der Waals surface area contributed by atoms with Crippen molar-refractivity contribution in [3.63, 3.8) is 0 Å². The lowest BCUT2D eigenvalue weighted by Crippen LogP contribution is -2.39. The van der Waals surface area contributed by atoms with E-state index in [0.29, 0.717) is 11.5 Å². The van der Waals surface area contributed by atoms with E-state index in [0.717, 1.165) is 44.2 Å². The van der Waals surface area contributed by atoms with Gasteiger partial charge in [0.1, 0.15) is 0 Å². The van der Waals surface area contributed by atoms with Crippen molar-refractivity contribution in [2.45, 2.75) is 105 Å². The number of ether oxygens (including phenoxy) is 2. The zero-order valence-electron chi connectivity index (χ0n) is 18.5. The molecule has 0 aromatic heterocycles. The fourth-order valence-electron chi connectivity index (χ4n) is 5.16. The lowest BCUT2D eigenvalue weighted by atomic mass is 9.68. The van der Waals surface area contributed by atoms with E-state index in [1.807, 2.05) is 0 Å². The predicted molar refractivity (Wildman–Crippen MR) is 110 cm³/mol. The fraction of sp³-hybridized carbons (Fsp3) is 1.00. The zero-order valence-corrected chi connectivity index (χ0v) is 18.5. The van der Waals surface area contributed by atoms with E-state index in [2.05, 4.69) is 46.4 Å². The van der Waals surface area contributed by atoms with Gasteiger partial charge in [-0.2, -0.15) is 0 Å². The maximum absolute atomic E-state index is 6.50. The van der Waals surface area contributed by atoms with E-state index in [1.54, 1.807) is 0 Å². The number of nitrogens with zero attached hydrogens (tertiary/aromatic N) is 1. The fourth-order valence-corrected chi connectivity index (χ4v) is 5.16. The molecule has 0 N–H and O–H groups in total. The lowest BCUT2D eigenvalue weighted by Gasteiger charge is -2.42. The monoisotopic (exact) mass is 367 g/mol. The van der Waals surface area contributed by atoms with E-state index < -0.39 is 0 Å². The Morgan fingerprint density at radius 1 is 1.08 bits per heavy atom. The van der Waals surface area contributed by atoms with Gasteiger partial charge >= 0.3 is 0 Å². The Labute approximate surface area is 163 Å². The number of hydrogen-bond acceptors (Lipinski definition) is 3. The van der Waals surface area contributed by atoms with E-state index in [1.165, 1.54) is 45.2 Å². The second-order valence-electron chi connectivity index (χ2n) is 9.96. The lowest BCUT2D eigenvalue weighted by molar-refractivity contribution is -0.197. The third kappa shape index (κ3) is 6.21. The molecule has 1 aliphatic carbocycles. The summed E-state index contributed by atoms with van der Waals surface area (Å²) in [6.07, 6.45) is 9.95. The first-order valence-electron chi connectivity index (χ1n) is 11.3. The Bertz CT molecular complexity index is 399. The maximum Gasteiger partial charge on any atom is 0.168 e. The molecule has 3 heteroatoms. The quantitative estimate of drug-likeness (QED) is 0.482. The topological polar surface area (TPSA) is 21.7 Å². The summed E-state index contributed by atoms with van der Waals surface area (Å²) in [5, 5.41) is 0. The van der Waals surface area contributed by atoms with Crippen LogP contribution in [-0.4, -0.2) is 43.0 Å². The molecule has 1 spiro atoms. The van der Waals surface area contributed by atoms with Crippen LogP contribution < -0.4 is 0 Å². The smallest absolute Gasteiger partial charge is 0.168 e. The highest BCUT2D eigenvalue weighted by molar-refractivity contribution is 4.90. The Hall–Kier alpha value is -0.120. The van der Waals surface area contributed by atoms with Gasteiger partial charge in [-0.15, -0.1) is 0 Å². The van der Waals surface area contributed by atoms with Crippen molar-refractivity contribution in [3.8, 4) is 0 Å². The van der Waals surface area contributed by atoms with Crippen LogP contribution in [0.3, 0.4) is 0 Å². The molecule has 1 saturated heterocycles. The first-order chi connectivity index (χ1) is 12.3. The molecular weight excluding hydrogens is 322 g/mol. The van der Waals surface area contributed by atoms with Crippen molar-refractivity contribution >= 4 is 0 Å². The highest BCUT2D eigenvalue weighted by Crippen LogP contribution is 2.47. The molecule has 2 aliphatic rings. The minimum atomic E-state index is -0.253. The molecule has 154 valence electrons. The van der Waals surface area contributed by atoms with Crippen LogP contribution in [0.4, 0.5) is 0 Å². The van der Waals surface area contributed by atoms with Crippen LogP contribution in [-0.2, 0) is 9.47 Å². The van der Waals surface area contributed by atoms with E-state index in [9.17, 15) is 0 Å². The Kier molecular flexibility index (Phi) is 8.43. The third-order valence-electron chi connectivity index (χ3n) is 6.59. The van der Waals surface area contributed by atoms with E-state index in [-0.39, 0.29) is 5.79 Å². The third-order valence-corrected chi connectivity index (χ3v) is 6.59. The van der Waals surface area contributed by atoms with Gasteiger partial charge in [0.15, 0.2) is 5.79 Å². The molecule has 26 heavy (non-hydrogen) atoms. The zero-order chi connectivity index (χ0) is 19.2. The second-order valence-corrected chi connectivity index (χ2v) is 9.96. The van der Waals surface area contributed by atoms with Crippen molar-refractivity contribution in [2.24, 2.45) is 17.3 Å². The second kappa shape index (κ2) is 9.89. The molecule has 0 bridgehead atoms. The van der Waals surface area contributed by atoms with Crippen LogP contribution in [0.2, 0.25) is 0 Å². The van der Waals surface area contributed by atoms with Crippen LogP contribution in [0.1, 0.15) is 92.9 Å². The molecule has 2 rings (SSSR count). The molecule has 0 radical (unpaired) electrons. The maximum atomic E-state index is 6.50. The van der Waals surface area contributed by atoms with Gasteiger partial charge in [-0.1, -0.05) is 48.0 Å². The molecule has 1 aliphatic heterocycles. The van der Waals surface area contributed by atoms with Crippen LogP contribution >= 0.6 is 0 Å². The molecule has 1 saturated carbocycles. The minimum Gasteiger partial charge on any atom is -0.347 e. The number of rotatable bonds is 10. The first kappa shape index (κ1) is 22.2. The standard InChI is InChI=1S/C23H45NO2/c1-7-12-22(5,6)20-9-13-23(14-10-20)25-18-21(26-23)11-16-24(15-8-2)17-19(3)4/h19-21H,7-18H2,1-6H3. The van der Waals surface area contributed by atoms with Crippen LogP contribution in [0.15, 0.2) is 0 Å². The van der Waals surface area contributed by atoms with Crippen LogP contribution in [0.5, 0.6) is 0 Å². The summed E-state index contributed by atoms with van der Waals surface area (Å²) in [5.74, 6) is 1.30. The Morgan fingerprint density at radius 2 is 1.77 bits per heavy atom. The van der Waals surface area contributed by atoms with Gasteiger partial charge in [-0.25, -0.2) is 0 Å². The average molecular weight is 368 g/mol. The average Bonchev–Trinajstić information content (AvgIpc) is 2.95. The first-order valence-corrected chi connectivity index (χ1v) is 11.3. The van der Waals surface area contributed by atoms with Crippen molar-refractivity contribution in [1.29, 1.82) is 0 Å². The molecule has 2 fully saturated rings. The van der Waals surface area contributed by atoms with E-state index >= 15 is 0 Å². The Morgan fingerprint density at radius 3 is 2.35 bits per heavy atom. The molecular formula is C23H45NO2. The summed E-state index contributed by atoms with van der Waals surface area (Å²) < 4.78 is 12.7. The Balaban J connectivity index is 1.78. The summed E-state index contributed by atoms with van der Waals surface area (Å²) in [6, 6.07) is 0. The molecule has 1 atom stereocenters. The van der Waals surface area contributed by atoms with Crippen LogP contribution in [0, 0.1) is 17.3 Å². The summed E-state index contributed by atoms with van der Waals surface area (Å²) in [6.45, 7) is 18.4. The minimum absolute atomic E-state index is 0.253. The summed E-state index contributed by atoms with van der Waals surface area (Å²) in [5.41, 5.74) is 0.464. The van der Waals surface area contributed by atoms with Crippen molar-refractivity contribution in [3.05, 3.63) is 0 Å². The molecule has 1 heterocycles. The normalized spacial score (nSPS) is 30.0. The van der Waals surface area contributed by atoms with Crippen LogP contribution in [0.25, 0.3) is 0 Å². The highest BCUT2D eigenvalue weighted by atomic mass is 16.7. The van der Waals surface area contributed by atoms with Gasteiger partial charge in [-0.05, 0) is 55.9 Å². The van der Waals surface area contributed by atoms with Gasteiger partial charge in [-0.3, -0.25) is 0 Å². The SMILES string of the molecule is CCCN(CCC1COC2(CCC(C(C)(C)CCC)CC2)O1)CC(C)C. The predicted octanol–water partition coefficient (Wildman–Crippen LogP) is 5.87. The van der Waals surface area contributed by atoms with Crippen molar-refractivity contribution in [1.82, 2.24) is 4.90 Å². The van der Waals surface area contributed by atoms with Gasteiger partial charge < -0.3 is 14.4 Å². The van der Waals surface area contributed by atoms with Gasteiger partial charge in [0.2, 0.25) is 0 Å². The molecule has 3 nitrogen and oxygen atoms in total. The van der Waals surface area contributed by atoms with Gasteiger partial charge in [0.25, 0.3) is 0 Å². The molecule has 0 amide bonds. The van der Waals surface area contributed by atoms with E-state index in [4.69, 9.17) is 9.47 Å². The molecule has 0 aromatic carbocycles. The van der Waals surface area contributed by atoms with Crippen molar-refractivity contribution < 1.29 is 9.47 Å². The molecule has 0 aromatic rings. The largest absolute Gasteiger partial charge is 0.347 e. The summed E-state index contributed by atoms with van der Waals surface area (Å²) >= 11 is 0. The summed E-state index contributed by atoms with van der Waals surface area (Å²) in [7, 11) is 0. The van der Waals surface area contributed by atoms with Gasteiger partial charge in [0.05, 0.1) is 12.7 Å². The number of hydrogen-bond donors (Lipinski definition) is 0.